The lowest BCUT2D eigenvalue weighted by Gasteiger charge is -2.16. The number of methoxy groups -OCH3 is 1. The van der Waals surface area contributed by atoms with Crippen LogP contribution in [0.5, 0.6) is 11.5 Å². The Morgan fingerprint density at radius 2 is 1.80 bits per heavy atom. The van der Waals surface area contributed by atoms with Crippen molar-refractivity contribution in [3.8, 4) is 17.6 Å². The first kappa shape index (κ1) is 25.3. The number of likely N-dealkylation sites (tertiary alicyclic amines) is 1. The van der Waals surface area contributed by atoms with Crippen LogP contribution < -0.4 is 14.8 Å². The molecule has 0 spiro atoms. The van der Waals surface area contributed by atoms with E-state index in [4.69, 9.17) is 14.2 Å². The SMILES string of the molecule is CCOC(=O)c1ccc(NC(=O)/C(C#N)=C/c2ccc(OCC(=O)N3CCCC3)c(OC)c2)cc1. The molecule has 1 aliphatic rings. The number of amides is 2. The van der Waals surface area contributed by atoms with Crippen molar-refractivity contribution in [2.75, 3.05) is 38.7 Å². The molecule has 0 atom stereocenters. The van der Waals surface area contributed by atoms with Crippen LogP contribution in [0.1, 0.15) is 35.7 Å². The van der Waals surface area contributed by atoms with Crippen LogP contribution in [0.3, 0.4) is 0 Å². The predicted octanol–water partition coefficient (Wildman–Crippen LogP) is 3.42. The molecule has 1 fully saturated rings. The normalized spacial score (nSPS) is 13.1. The van der Waals surface area contributed by atoms with Crippen molar-refractivity contribution >= 4 is 29.5 Å². The summed E-state index contributed by atoms with van der Waals surface area (Å²) in [6, 6.07) is 13.0. The molecule has 1 heterocycles. The van der Waals surface area contributed by atoms with Crippen molar-refractivity contribution in [2.24, 2.45) is 0 Å². The zero-order chi connectivity index (χ0) is 25.2. The van der Waals surface area contributed by atoms with Gasteiger partial charge in [-0.1, -0.05) is 6.07 Å². The van der Waals surface area contributed by atoms with Crippen LogP contribution in [-0.4, -0.2) is 56.1 Å². The lowest BCUT2D eigenvalue weighted by molar-refractivity contribution is -0.132. The largest absolute Gasteiger partial charge is 0.493 e. The number of anilines is 1. The number of nitrogens with zero attached hydrogens (tertiary/aromatic N) is 2. The van der Waals surface area contributed by atoms with E-state index in [9.17, 15) is 19.6 Å². The van der Waals surface area contributed by atoms with Gasteiger partial charge in [0.25, 0.3) is 11.8 Å². The van der Waals surface area contributed by atoms with E-state index in [1.54, 1.807) is 42.2 Å². The minimum Gasteiger partial charge on any atom is -0.493 e. The standard InChI is InChI=1S/C26H27N3O6/c1-3-34-26(32)19-7-9-21(10-8-19)28-25(31)20(16-27)14-18-6-11-22(23(15-18)33-2)35-17-24(30)29-12-4-5-13-29/h6-11,14-15H,3-5,12-13,17H2,1-2H3,(H,28,31)/b20-14+. The molecule has 0 bridgehead atoms. The Bertz CT molecular complexity index is 1140. The molecule has 1 N–H and O–H groups in total. The van der Waals surface area contributed by atoms with Crippen LogP contribution in [0.4, 0.5) is 5.69 Å². The van der Waals surface area contributed by atoms with E-state index < -0.39 is 11.9 Å². The van der Waals surface area contributed by atoms with E-state index in [0.717, 1.165) is 25.9 Å². The van der Waals surface area contributed by atoms with Crippen molar-refractivity contribution < 1.29 is 28.6 Å². The minimum absolute atomic E-state index is 0.0766. The summed E-state index contributed by atoms with van der Waals surface area (Å²) in [4.78, 5) is 38.3. The molecule has 0 radical (unpaired) electrons. The summed E-state index contributed by atoms with van der Waals surface area (Å²) in [5.74, 6) is -0.369. The van der Waals surface area contributed by atoms with Crippen molar-refractivity contribution in [1.82, 2.24) is 4.90 Å². The third-order valence-electron chi connectivity index (χ3n) is 5.33. The number of hydrogen-bond acceptors (Lipinski definition) is 7. The fourth-order valence-electron chi connectivity index (χ4n) is 3.51. The first-order valence-corrected chi connectivity index (χ1v) is 11.2. The minimum atomic E-state index is -0.605. The molecule has 35 heavy (non-hydrogen) atoms. The van der Waals surface area contributed by atoms with E-state index in [1.807, 2.05) is 6.07 Å². The van der Waals surface area contributed by atoms with E-state index in [1.165, 1.54) is 25.3 Å². The van der Waals surface area contributed by atoms with E-state index >= 15 is 0 Å². The maximum atomic E-state index is 12.6. The molecule has 0 unspecified atom stereocenters. The molecule has 9 nitrogen and oxygen atoms in total. The van der Waals surface area contributed by atoms with Gasteiger partial charge < -0.3 is 24.4 Å². The molecule has 3 rings (SSSR count). The van der Waals surface area contributed by atoms with E-state index in [0.29, 0.717) is 28.3 Å². The molecule has 182 valence electrons. The Morgan fingerprint density at radius 3 is 2.43 bits per heavy atom. The molecule has 0 aliphatic carbocycles. The van der Waals surface area contributed by atoms with Gasteiger partial charge in [-0.15, -0.1) is 0 Å². The van der Waals surface area contributed by atoms with Gasteiger partial charge in [0.1, 0.15) is 11.6 Å². The summed E-state index contributed by atoms with van der Waals surface area (Å²) in [6.45, 7) is 3.39. The molecule has 2 aromatic carbocycles. The number of carbonyl (C=O) groups excluding carboxylic acids is 3. The first-order valence-electron chi connectivity index (χ1n) is 11.2. The number of ether oxygens (including phenoxy) is 3. The predicted molar refractivity (Wildman–Crippen MR) is 129 cm³/mol. The summed E-state index contributed by atoms with van der Waals surface area (Å²) in [5.41, 5.74) is 1.20. The molecule has 1 saturated heterocycles. The van der Waals surface area contributed by atoms with Crippen LogP contribution >= 0.6 is 0 Å². The average molecular weight is 478 g/mol. The number of rotatable bonds is 9. The topological polar surface area (TPSA) is 118 Å². The van der Waals surface area contributed by atoms with Crippen molar-refractivity contribution in [1.29, 1.82) is 5.26 Å². The molecule has 1 aliphatic heterocycles. The monoisotopic (exact) mass is 477 g/mol. The summed E-state index contributed by atoms with van der Waals surface area (Å²) in [7, 11) is 1.47. The van der Waals surface area contributed by atoms with Gasteiger partial charge in [-0.25, -0.2) is 4.79 Å². The summed E-state index contributed by atoms with van der Waals surface area (Å²) in [5, 5.41) is 12.1. The van der Waals surface area contributed by atoms with E-state index in [2.05, 4.69) is 5.32 Å². The second kappa shape index (κ2) is 12.2. The van der Waals surface area contributed by atoms with Gasteiger partial charge in [-0.3, -0.25) is 9.59 Å². The van der Waals surface area contributed by atoms with Crippen molar-refractivity contribution in [3.05, 3.63) is 59.2 Å². The highest BCUT2D eigenvalue weighted by atomic mass is 16.5. The van der Waals surface area contributed by atoms with Gasteiger partial charge in [0, 0.05) is 18.8 Å². The first-order chi connectivity index (χ1) is 16.9. The van der Waals surface area contributed by atoms with Crippen molar-refractivity contribution in [3.63, 3.8) is 0 Å². The maximum absolute atomic E-state index is 12.6. The highest BCUT2D eigenvalue weighted by Gasteiger charge is 2.19. The second-order valence-electron chi connectivity index (χ2n) is 7.71. The number of benzene rings is 2. The van der Waals surface area contributed by atoms with Gasteiger partial charge in [0.15, 0.2) is 18.1 Å². The summed E-state index contributed by atoms with van der Waals surface area (Å²) >= 11 is 0. The molecule has 0 saturated carbocycles. The van der Waals surface area contributed by atoms with Crippen LogP contribution in [0.25, 0.3) is 6.08 Å². The number of nitrogens with one attached hydrogen (secondary N) is 1. The highest BCUT2D eigenvalue weighted by Crippen LogP contribution is 2.29. The Hall–Kier alpha value is -4.32. The number of nitriles is 1. The van der Waals surface area contributed by atoms with Crippen LogP contribution in [0, 0.1) is 11.3 Å². The Labute approximate surface area is 203 Å². The fraction of sp³-hybridized carbons (Fsp3) is 0.308. The van der Waals surface area contributed by atoms with Crippen LogP contribution in [-0.2, 0) is 14.3 Å². The number of carbonyl (C=O) groups is 3. The zero-order valence-corrected chi connectivity index (χ0v) is 19.7. The zero-order valence-electron chi connectivity index (χ0n) is 19.7. The Balaban J connectivity index is 1.67. The van der Waals surface area contributed by atoms with Crippen LogP contribution in [0.15, 0.2) is 48.0 Å². The molecule has 0 aromatic heterocycles. The summed E-state index contributed by atoms with van der Waals surface area (Å²) < 4.78 is 15.9. The third-order valence-corrected chi connectivity index (χ3v) is 5.33. The molecule has 2 aromatic rings. The average Bonchev–Trinajstić information content (AvgIpc) is 3.42. The number of esters is 1. The lowest BCUT2D eigenvalue weighted by atomic mass is 10.1. The molecule has 2 amide bonds. The van der Waals surface area contributed by atoms with Gasteiger partial charge in [0.05, 0.1) is 19.3 Å². The van der Waals surface area contributed by atoms with E-state index in [-0.39, 0.29) is 24.7 Å². The van der Waals surface area contributed by atoms with Gasteiger partial charge in [0.2, 0.25) is 0 Å². The molecule has 9 heteroatoms. The van der Waals surface area contributed by atoms with Gasteiger partial charge in [-0.2, -0.15) is 5.26 Å². The Kier molecular flexibility index (Phi) is 8.84. The maximum Gasteiger partial charge on any atom is 0.338 e. The van der Waals surface area contributed by atoms with Crippen LogP contribution in [0.2, 0.25) is 0 Å². The quantitative estimate of drug-likeness (QED) is 0.334. The Morgan fingerprint density at radius 1 is 1.09 bits per heavy atom. The number of hydrogen-bond donors (Lipinski definition) is 1. The molecular formula is C26H27N3O6. The van der Waals surface area contributed by atoms with Gasteiger partial charge >= 0.3 is 5.97 Å². The second-order valence-corrected chi connectivity index (χ2v) is 7.71. The van der Waals surface area contributed by atoms with Gasteiger partial charge in [-0.05, 0) is 67.8 Å². The van der Waals surface area contributed by atoms with Crippen molar-refractivity contribution in [2.45, 2.75) is 19.8 Å². The highest BCUT2D eigenvalue weighted by molar-refractivity contribution is 6.09. The smallest absolute Gasteiger partial charge is 0.338 e. The lowest BCUT2D eigenvalue weighted by Crippen LogP contribution is -2.32. The molecular weight excluding hydrogens is 450 g/mol. The summed E-state index contributed by atoms with van der Waals surface area (Å²) in [6.07, 6.45) is 3.43. The third kappa shape index (κ3) is 6.84. The fourth-order valence-corrected chi connectivity index (χ4v) is 3.51.